The molecule has 1 amide bonds. The highest BCUT2D eigenvalue weighted by molar-refractivity contribution is 7.99. The standard InChI is InChI=1S/C22H26N4O2S/c1-17-9-7-8-12-19(17)21-23-24-22(25(21)2)29-16-20(27)26(13-14-28-3)15-18-10-5-4-6-11-18/h4-12H,13-16H2,1-3H3. The first-order valence-corrected chi connectivity index (χ1v) is 10.5. The summed E-state index contributed by atoms with van der Waals surface area (Å²) in [5.41, 5.74) is 3.29. The molecule has 0 radical (unpaired) electrons. The first-order valence-electron chi connectivity index (χ1n) is 9.49. The Balaban J connectivity index is 1.67. The largest absolute Gasteiger partial charge is 0.383 e. The minimum absolute atomic E-state index is 0.0522. The van der Waals surface area contributed by atoms with Gasteiger partial charge in [-0.1, -0.05) is 66.4 Å². The number of carbonyl (C=O) groups excluding carboxylic acids is 1. The number of thioether (sulfide) groups is 1. The number of aromatic nitrogens is 3. The second-order valence-corrected chi connectivity index (χ2v) is 7.70. The van der Waals surface area contributed by atoms with Gasteiger partial charge in [0.2, 0.25) is 5.91 Å². The monoisotopic (exact) mass is 410 g/mol. The lowest BCUT2D eigenvalue weighted by Gasteiger charge is -2.22. The average Bonchev–Trinajstić information content (AvgIpc) is 3.10. The molecule has 2 aromatic carbocycles. The molecule has 0 aliphatic heterocycles. The molecule has 152 valence electrons. The molecule has 0 N–H and O–H groups in total. The van der Waals surface area contributed by atoms with E-state index in [-0.39, 0.29) is 5.91 Å². The molecule has 1 aromatic heterocycles. The van der Waals surface area contributed by atoms with Gasteiger partial charge >= 0.3 is 0 Å². The molecule has 0 atom stereocenters. The SMILES string of the molecule is COCCN(Cc1ccccc1)C(=O)CSc1nnc(-c2ccccc2C)n1C. The predicted octanol–water partition coefficient (Wildman–Crippen LogP) is 3.56. The van der Waals surface area contributed by atoms with E-state index >= 15 is 0 Å². The number of carbonyl (C=O) groups is 1. The van der Waals surface area contributed by atoms with Gasteiger partial charge in [-0.2, -0.15) is 0 Å². The van der Waals surface area contributed by atoms with E-state index in [0.29, 0.717) is 25.4 Å². The zero-order valence-electron chi connectivity index (χ0n) is 17.0. The second kappa shape index (κ2) is 10.2. The number of hydrogen-bond donors (Lipinski definition) is 0. The summed E-state index contributed by atoms with van der Waals surface area (Å²) in [5, 5.41) is 9.35. The Morgan fingerprint density at radius 3 is 2.55 bits per heavy atom. The fraction of sp³-hybridized carbons (Fsp3) is 0.318. The van der Waals surface area contributed by atoms with Crippen molar-refractivity contribution in [3.8, 4) is 11.4 Å². The first-order chi connectivity index (χ1) is 14.1. The summed E-state index contributed by atoms with van der Waals surface area (Å²) < 4.78 is 7.12. The number of amides is 1. The van der Waals surface area contributed by atoms with Crippen LogP contribution in [0.3, 0.4) is 0 Å². The molecule has 3 rings (SSSR count). The van der Waals surface area contributed by atoms with Gasteiger partial charge in [-0.25, -0.2) is 0 Å². The van der Waals surface area contributed by atoms with E-state index in [0.717, 1.165) is 27.7 Å². The molecule has 0 saturated heterocycles. The molecule has 0 aliphatic carbocycles. The summed E-state index contributed by atoms with van der Waals surface area (Å²) in [5.74, 6) is 1.16. The Bertz CT molecular complexity index is 943. The summed E-state index contributed by atoms with van der Waals surface area (Å²) in [6.45, 7) is 3.68. The third kappa shape index (κ3) is 5.46. The van der Waals surface area contributed by atoms with Gasteiger partial charge in [0, 0.05) is 32.8 Å². The highest BCUT2D eigenvalue weighted by Crippen LogP contribution is 2.25. The van der Waals surface area contributed by atoms with Crippen molar-refractivity contribution in [2.24, 2.45) is 7.05 Å². The number of nitrogens with zero attached hydrogens (tertiary/aromatic N) is 4. The lowest BCUT2D eigenvalue weighted by Crippen LogP contribution is -2.34. The Hall–Kier alpha value is -2.64. The molecule has 0 fully saturated rings. The Morgan fingerprint density at radius 2 is 1.83 bits per heavy atom. The fourth-order valence-corrected chi connectivity index (χ4v) is 3.83. The van der Waals surface area contributed by atoms with E-state index in [1.807, 2.05) is 65.0 Å². The molecule has 29 heavy (non-hydrogen) atoms. The molecular formula is C22H26N4O2S. The quantitative estimate of drug-likeness (QED) is 0.505. The van der Waals surface area contributed by atoms with E-state index in [1.165, 1.54) is 11.8 Å². The third-order valence-corrected chi connectivity index (χ3v) is 5.68. The number of rotatable bonds is 9. The summed E-state index contributed by atoms with van der Waals surface area (Å²) in [7, 11) is 3.58. The van der Waals surface area contributed by atoms with Crippen LogP contribution in [0.4, 0.5) is 0 Å². The van der Waals surface area contributed by atoms with Crippen LogP contribution in [0.5, 0.6) is 0 Å². The Kier molecular flexibility index (Phi) is 7.43. The smallest absolute Gasteiger partial charge is 0.233 e. The van der Waals surface area contributed by atoms with Crippen molar-refractivity contribution in [2.45, 2.75) is 18.6 Å². The highest BCUT2D eigenvalue weighted by Gasteiger charge is 2.18. The van der Waals surface area contributed by atoms with Crippen molar-refractivity contribution in [2.75, 3.05) is 26.0 Å². The van der Waals surface area contributed by atoms with Crippen molar-refractivity contribution in [1.29, 1.82) is 0 Å². The molecule has 0 saturated carbocycles. The van der Waals surface area contributed by atoms with Gasteiger partial charge in [-0.05, 0) is 18.1 Å². The normalized spacial score (nSPS) is 10.9. The van der Waals surface area contributed by atoms with Crippen molar-refractivity contribution in [1.82, 2.24) is 19.7 Å². The molecule has 7 heteroatoms. The van der Waals surface area contributed by atoms with Crippen LogP contribution in [-0.2, 0) is 23.1 Å². The fourth-order valence-electron chi connectivity index (χ4n) is 3.01. The summed E-state index contributed by atoms with van der Waals surface area (Å²) in [6.07, 6.45) is 0. The van der Waals surface area contributed by atoms with Crippen molar-refractivity contribution in [3.05, 3.63) is 65.7 Å². The summed E-state index contributed by atoms with van der Waals surface area (Å²) in [6, 6.07) is 18.1. The molecule has 0 spiro atoms. The minimum atomic E-state index is 0.0522. The maximum absolute atomic E-state index is 12.9. The number of aryl methyl sites for hydroxylation is 1. The van der Waals surface area contributed by atoms with E-state index in [2.05, 4.69) is 23.2 Å². The van der Waals surface area contributed by atoms with Crippen molar-refractivity contribution < 1.29 is 9.53 Å². The zero-order valence-corrected chi connectivity index (χ0v) is 17.9. The van der Waals surface area contributed by atoms with Crippen molar-refractivity contribution in [3.63, 3.8) is 0 Å². The minimum Gasteiger partial charge on any atom is -0.383 e. The average molecular weight is 411 g/mol. The maximum Gasteiger partial charge on any atom is 0.233 e. The third-order valence-electron chi connectivity index (χ3n) is 4.68. The zero-order chi connectivity index (χ0) is 20.6. The predicted molar refractivity (Wildman–Crippen MR) is 116 cm³/mol. The van der Waals surface area contributed by atoms with Crippen LogP contribution in [0.25, 0.3) is 11.4 Å². The van der Waals surface area contributed by atoms with Crippen LogP contribution in [-0.4, -0.2) is 51.6 Å². The number of hydrogen-bond acceptors (Lipinski definition) is 5. The summed E-state index contributed by atoms with van der Waals surface area (Å²) in [4.78, 5) is 14.7. The van der Waals surface area contributed by atoms with E-state index in [1.54, 1.807) is 7.11 Å². The lowest BCUT2D eigenvalue weighted by molar-refractivity contribution is -0.129. The van der Waals surface area contributed by atoms with Gasteiger partial charge in [-0.3, -0.25) is 4.79 Å². The molecule has 1 heterocycles. The van der Waals surface area contributed by atoms with Gasteiger partial charge in [0.15, 0.2) is 11.0 Å². The van der Waals surface area contributed by atoms with Crippen molar-refractivity contribution >= 4 is 17.7 Å². The first kappa shape index (κ1) is 21.1. The number of ether oxygens (including phenoxy) is 1. The van der Waals surface area contributed by atoms with Crippen LogP contribution in [0.2, 0.25) is 0 Å². The molecular weight excluding hydrogens is 384 g/mol. The maximum atomic E-state index is 12.9. The highest BCUT2D eigenvalue weighted by atomic mass is 32.2. The van der Waals surface area contributed by atoms with Gasteiger partial charge in [-0.15, -0.1) is 10.2 Å². The Labute approximate surface area is 175 Å². The number of methoxy groups -OCH3 is 1. The van der Waals surface area contributed by atoms with E-state index in [4.69, 9.17) is 4.74 Å². The number of benzene rings is 2. The molecule has 0 bridgehead atoms. The van der Waals surface area contributed by atoms with Crippen LogP contribution in [0.1, 0.15) is 11.1 Å². The van der Waals surface area contributed by atoms with Gasteiger partial charge in [0.25, 0.3) is 0 Å². The molecule has 3 aromatic rings. The van der Waals surface area contributed by atoms with Gasteiger partial charge in [0.05, 0.1) is 12.4 Å². The van der Waals surface area contributed by atoms with Crippen LogP contribution in [0, 0.1) is 6.92 Å². The molecule has 0 unspecified atom stereocenters. The van der Waals surface area contributed by atoms with E-state index < -0.39 is 0 Å². The van der Waals surface area contributed by atoms with Crippen LogP contribution >= 0.6 is 11.8 Å². The van der Waals surface area contributed by atoms with E-state index in [9.17, 15) is 4.79 Å². The van der Waals surface area contributed by atoms with Crippen LogP contribution < -0.4 is 0 Å². The van der Waals surface area contributed by atoms with Gasteiger partial charge < -0.3 is 14.2 Å². The Morgan fingerprint density at radius 1 is 1.10 bits per heavy atom. The summed E-state index contributed by atoms with van der Waals surface area (Å²) >= 11 is 1.41. The molecule has 6 nitrogen and oxygen atoms in total. The second-order valence-electron chi connectivity index (χ2n) is 6.76. The molecule has 0 aliphatic rings. The lowest BCUT2D eigenvalue weighted by atomic mass is 10.1. The van der Waals surface area contributed by atoms with Crippen LogP contribution in [0.15, 0.2) is 59.8 Å². The van der Waals surface area contributed by atoms with Gasteiger partial charge in [0.1, 0.15) is 0 Å². The topological polar surface area (TPSA) is 60.2 Å².